The molecule has 0 unspecified atom stereocenters. The number of nitrogens with zero attached hydrogens (tertiary/aromatic N) is 4. The van der Waals surface area contributed by atoms with Crippen LogP contribution < -0.4 is 5.73 Å². The first kappa shape index (κ1) is 19.8. The summed E-state index contributed by atoms with van der Waals surface area (Å²) in [5.74, 6) is -0.0552. The molecule has 0 atom stereocenters. The highest BCUT2D eigenvalue weighted by molar-refractivity contribution is 7.99. The van der Waals surface area contributed by atoms with E-state index in [9.17, 15) is 4.79 Å². The molecular weight excluding hydrogens is 418 g/mol. The predicted octanol–water partition coefficient (Wildman–Crippen LogP) is 4.43. The van der Waals surface area contributed by atoms with Gasteiger partial charge in [0.25, 0.3) is 5.22 Å². The first-order valence-electron chi connectivity index (χ1n) is 8.87. The second kappa shape index (κ2) is 8.49. The van der Waals surface area contributed by atoms with Crippen LogP contribution in [0.15, 0.2) is 68.8 Å². The van der Waals surface area contributed by atoms with Crippen molar-refractivity contribution in [1.29, 1.82) is 5.26 Å². The number of allylic oxidation sites excluding steroid dienone is 2. The van der Waals surface area contributed by atoms with E-state index in [1.165, 1.54) is 6.92 Å². The molecule has 9 heteroatoms. The van der Waals surface area contributed by atoms with Crippen LogP contribution in [0.4, 0.5) is 0 Å². The second-order valence-corrected chi connectivity index (χ2v) is 8.18. The van der Waals surface area contributed by atoms with Gasteiger partial charge in [-0.15, -0.1) is 21.5 Å². The van der Waals surface area contributed by atoms with E-state index in [0.717, 1.165) is 38.8 Å². The van der Waals surface area contributed by atoms with Crippen molar-refractivity contribution in [2.24, 2.45) is 5.73 Å². The Morgan fingerprint density at radius 3 is 2.83 bits per heavy atom. The molecule has 0 radical (unpaired) electrons. The quantitative estimate of drug-likeness (QED) is 0.269. The maximum absolute atomic E-state index is 12.1. The van der Waals surface area contributed by atoms with E-state index in [1.54, 1.807) is 11.3 Å². The molecule has 0 amide bonds. The zero-order valence-corrected chi connectivity index (χ0v) is 17.5. The lowest BCUT2D eigenvalue weighted by Crippen LogP contribution is -2.10. The van der Waals surface area contributed by atoms with Crippen molar-refractivity contribution in [3.05, 3.63) is 59.1 Å². The third kappa shape index (κ3) is 3.96. The molecule has 0 bridgehead atoms. The Bertz CT molecular complexity index is 1300. The number of hydrogen-bond donors (Lipinski definition) is 1. The van der Waals surface area contributed by atoms with Gasteiger partial charge in [-0.3, -0.25) is 4.79 Å². The number of carbonyl (C=O) groups excluding carboxylic acids is 1. The summed E-state index contributed by atoms with van der Waals surface area (Å²) in [6.07, 6.45) is 0. The summed E-state index contributed by atoms with van der Waals surface area (Å²) in [4.78, 5) is 17.9. The lowest BCUT2D eigenvalue weighted by Gasteiger charge is -2.06. The molecule has 0 aliphatic carbocycles. The van der Waals surface area contributed by atoms with Gasteiger partial charge in [-0.1, -0.05) is 36.0 Å². The van der Waals surface area contributed by atoms with Crippen molar-refractivity contribution in [2.45, 2.75) is 12.1 Å². The number of carbonyl (C=O) groups is 1. The molecule has 3 aromatic heterocycles. The number of pyridine rings is 1. The summed E-state index contributed by atoms with van der Waals surface area (Å²) in [5, 5.41) is 20.4. The number of hydrogen-bond acceptors (Lipinski definition) is 9. The number of fused-ring (bicyclic) bond motifs is 1. The minimum Gasteiger partial charge on any atom is -0.411 e. The number of rotatable bonds is 6. The Morgan fingerprint density at radius 2 is 2.10 bits per heavy atom. The number of aromatic nitrogens is 3. The van der Waals surface area contributed by atoms with E-state index in [1.807, 2.05) is 53.9 Å². The van der Waals surface area contributed by atoms with Crippen molar-refractivity contribution < 1.29 is 9.21 Å². The van der Waals surface area contributed by atoms with Gasteiger partial charge in [0.15, 0.2) is 5.78 Å². The maximum atomic E-state index is 12.1. The van der Waals surface area contributed by atoms with Crippen molar-refractivity contribution >= 4 is 39.8 Å². The van der Waals surface area contributed by atoms with Crippen LogP contribution in [0.2, 0.25) is 0 Å². The summed E-state index contributed by atoms with van der Waals surface area (Å²) in [6, 6.07) is 15.5. The third-order valence-corrected chi connectivity index (χ3v) is 5.95. The molecule has 0 spiro atoms. The van der Waals surface area contributed by atoms with Crippen LogP contribution in [-0.4, -0.2) is 26.7 Å². The average Bonchev–Trinajstić information content (AvgIpc) is 3.44. The first-order valence-corrected chi connectivity index (χ1v) is 10.7. The largest absolute Gasteiger partial charge is 0.411 e. The molecule has 7 nitrogen and oxygen atoms in total. The molecule has 2 N–H and O–H groups in total. The number of Topliss-reactive ketones (excluding diaryl/α,β-unsaturated/α-hetero) is 1. The number of nitriles is 1. The van der Waals surface area contributed by atoms with Gasteiger partial charge < -0.3 is 10.2 Å². The van der Waals surface area contributed by atoms with Crippen molar-refractivity contribution in [3.8, 4) is 28.1 Å². The average molecular weight is 434 g/mol. The number of benzene rings is 1. The van der Waals surface area contributed by atoms with Gasteiger partial charge in [0.1, 0.15) is 11.6 Å². The summed E-state index contributed by atoms with van der Waals surface area (Å²) >= 11 is 2.67. The number of ketones is 1. The van der Waals surface area contributed by atoms with Gasteiger partial charge in [0.2, 0.25) is 5.89 Å². The van der Waals surface area contributed by atoms with E-state index in [0.29, 0.717) is 5.89 Å². The predicted molar refractivity (Wildman–Crippen MR) is 117 cm³/mol. The van der Waals surface area contributed by atoms with Gasteiger partial charge in [-0.25, -0.2) is 4.98 Å². The Hall–Kier alpha value is -3.48. The zero-order chi connectivity index (χ0) is 21.1. The molecule has 0 fully saturated rings. The fourth-order valence-electron chi connectivity index (χ4n) is 2.85. The summed E-state index contributed by atoms with van der Waals surface area (Å²) in [5.41, 5.74) is 8.13. The number of nitrogens with two attached hydrogens (primary N) is 1. The SMILES string of the molecule is C/C(N)=C(\C#N)C(=O)CSc1nnc(-c2cc(-c3cccs3)nc3ccccc23)o1. The normalized spacial score (nSPS) is 11.9. The Balaban J connectivity index is 1.66. The Labute approximate surface area is 180 Å². The molecular formula is C21H15N5O2S2. The Kier molecular flexibility index (Phi) is 5.61. The van der Waals surface area contributed by atoms with Crippen molar-refractivity contribution in [3.63, 3.8) is 0 Å². The van der Waals surface area contributed by atoms with Gasteiger partial charge in [-0.2, -0.15) is 5.26 Å². The highest BCUT2D eigenvalue weighted by atomic mass is 32.2. The van der Waals surface area contributed by atoms with Gasteiger partial charge >= 0.3 is 0 Å². The van der Waals surface area contributed by atoms with E-state index in [4.69, 9.17) is 20.4 Å². The zero-order valence-electron chi connectivity index (χ0n) is 15.8. The monoisotopic (exact) mass is 433 g/mol. The van der Waals surface area contributed by atoms with Crippen LogP contribution in [0.25, 0.3) is 32.9 Å². The van der Waals surface area contributed by atoms with E-state index >= 15 is 0 Å². The lowest BCUT2D eigenvalue weighted by molar-refractivity contribution is -0.112. The van der Waals surface area contributed by atoms with Crippen molar-refractivity contribution in [1.82, 2.24) is 15.2 Å². The molecule has 0 aliphatic rings. The van der Waals surface area contributed by atoms with Crippen LogP contribution in [0, 0.1) is 11.3 Å². The van der Waals surface area contributed by atoms with E-state index in [2.05, 4.69) is 10.2 Å². The van der Waals surface area contributed by atoms with Crippen LogP contribution in [-0.2, 0) is 4.79 Å². The minimum atomic E-state index is -0.378. The minimum absolute atomic E-state index is 0.0173. The second-order valence-electron chi connectivity index (χ2n) is 6.30. The summed E-state index contributed by atoms with van der Waals surface area (Å²) in [7, 11) is 0. The van der Waals surface area contributed by atoms with Crippen LogP contribution in [0.5, 0.6) is 0 Å². The van der Waals surface area contributed by atoms with Crippen molar-refractivity contribution in [2.75, 3.05) is 5.75 Å². The van der Waals surface area contributed by atoms with Gasteiger partial charge in [0.05, 0.1) is 27.4 Å². The van der Waals surface area contributed by atoms with Crippen LogP contribution in [0.1, 0.15) is 6.92 Å². The van der Waals surface area contributed by atoms with Gasteiger partial charge in [0, 0.05) is 11.1 Å². The molecule has 0 aliphatic heterocycles. The molecule has 148 valence electrons. The standard InChI is InChI=1S/C21H15N5O2S2/c1-12(23)15(10-22)18(27)11-30-21-26-25-20(28-21)14-9-17(19-7-4-8-29-19)24-16-6-3-2-5-13(14)16/h2-9H,11,23H2,1H3/b15-12-. The third-order valence-electron chi connectivity index (χ3n) is 4.24. The molecule has 4 rings (SSSR count). The molecule has 0 saturated carbocycles. The van der Waals surface area contributed by atoms with Crippen LogP contribution in [0.3, 0.4) is 0 Å². The smallest absolute Gasteiger partial charge is 0.277 e. The molecule has 30 heavy (non-hydrogen) atoms. The molecule has 1 aromatic carbocycles. The highest BCUT2D eigenvalue weighted by Crippen LogP contribution is 2.34. The molecule has 0 saturated heterocycles. The number of thioether (sulfide) groups is 1. The van der Waals surface area contributed by atoms with E-state index in [-0.39, 0.29) is 28.0 Å². The Morgan fingerprint density at radius 1 is 1.27 bits per heavy atom. The van der Waals surface area contributed by atoms with Crippen LogP contribution >= 0.6 is 23.1 Å². The topological polar surface area (TPSA) is 119 Å². The fourth-order valence-corrected chi connectivity index (χ4v) is 4.17. The first-order chi connectivity index (χ1) is 14.6. The summed E-state index contributed by atoms with van der Waals surface area (Å²) < 4.78 is 5.81. The maximum Gasteiger partial charge on any atom is 0.277 e. The number of thiophene rings is 1. The summed E-state index contributed by atoms with van der Waals surface area (Å²) in [6.45, 7) is 1.52. The fraction of sp³-hybridized carbons (Fsp3) is 0.0952. The van der Waals surface area contributed by atoms with E-state index < -0.39 is 0 Å². The molecule has 4 aromatic rings. The van der Waals surface area contributed by atoms with Gasteiger partial charge in [-0.05, 0) is 30.5 Å². The lowest BCUT2D eigenvalue weighted by atomic mass is 10.1. The highest BCUT2D eigenvalue weighted by Gasteiger charge is 2.18. The molecule has 3 heterocycles. The number of para-hydroxylation sites is 1.